The van der Waals surface area contributed by atoms with Crippen LogP contribution >= 0.6 is 0 Å². The molecule has 10 rings (SSSR count). The molecule has 0 atom stereocenters. The molecule has 0 unspecified atom stereocenters. The van der Waals surface area contributed by atoms with Crippen LogP contribution in [-0.4, -0.2) is 4.98 Å². The Kier molecular flexibility index (Phi) is 8.42. The van der Waals surface area contributed by atoms with Crippen LogP contribution < -0.4 is 4.90 Å². The molecule has 9 aromatic carbocycles. The van der Waals surface area contributed by atoms with Gasteiger partial charge in [-0.25, -0.2) is 4.98 Å². The second kappa shape index (κ2) is 13.9. The molecule has 0 saturated carbocycles. The van der Waals surface area contributed by atoms with E-state index in [1.54, 1.807) is 0 Å². The van der Waals surface area contributed by atoms with Gasteiger partial charge >= 0.3 is 0 Å². The third-order valence-electron chi connectivity index (χ3n) is 11.4. The molecular weight excluding hydrogens is 689 g/mol. The molecule has 0 radical (unpaired) electrons. The van der Waals surface area contributed by atoms with E-state index in [9.17, 15) is 0 Å². The van der Waals surface area contributed by atoms with Crippen molar-refractivity contribution in [2.45, 2.75) is 26.2 Å². The van der Waals surface area contributed by atoms with Crippen LogP contribution in [0.25, 0.3) is 76.5 Å². The third kappa shape index (κ3) is 6.02. The van der Waals surface area contributed by atoms with Crippen LogP contribution in [0.4, 0.5) is 17.2 Å². The minimum Gasteiger partial charge on any atom is -0.295 e. The van der Waals surface area contributed by atoms with E-state index in [-0.39, 0.29) is 5.41 Å². The van der Waals surface area contributed by atoms with Gasteiger partial charge in [0.25, 0.3) is 0 Å². The SMILES string of the molecule is CC(C)(C)c1ccc(N(c2ccc3c(c2)c2ccccc2c2c(-c4ccccc4)cc(-c4ccccc4)c(-c4ccccc4)c32)c2nccc3ccccc23)cc1. The fourth-order valence-electron chi connectivity index (χ4n) is 8.66. The lowest BCUT2D eigenvalue weighted by molar-refractivity contribution is 0.590. The normalized spacial score (nSPS) is 11.8. The van der Waals surface area contributed by atoms with Gasteiger partial charge in [-0.2, -0.15) is 0 Å². The van der Waals surface area contributed by atoms with Gasteiger partial charge in [-0.05, 0) is 118 Å². The maximum Gasteiger partial charge on any atom is 0.145 e. The predicted molar refractivity (Wildman–Crippen MR) is 244 cm³/mol. The van der Waals surface area contributed by atoms with Crippen LogP contribution in [0.5, 0.6) is 0 Å². The Morgan fingerprint density at radius 1 is 0.404 bits per heavy atom. The summed E-state index contributed by atoms with van der Waals surface area (Å²) in [5.74, 6) is 0.906. The molecule has 0 aliphatic rings. The smallest absolute Gasteiger partial charge is 0.145 e. The number of anilines is 3. The fourth-order valence-corrected chi connectivity index (χ4v) is 8.66. The first-order chi connectivity index (χ1) is 27.9. The molecule has 1 aromatic heterocycles. The van der Waals surface area contributed by atoms with Gasteiger partial charge in [0.05, 0.1) is 0 Å². The van der Waals surface area contributed by atoms with Gasteiger partial charge in [-0.15, -0.1) is 0 Å². The molecule has 1 heterocycles. The van der Waals surface area contributed by atoms with Crippen molar-refractivity contribution in [2.75, 3.05) is 4.90 Å². The van der Waals surface area contributed by atoms with Crippen molar-refractivity contribution >= 4 is 60.3 Å². The molecule has 0 amide bonds. The highest BCUT2D eigenvalue weighted by Gasteiger charge is 2.24. The van der Waals surface area contributed by atoms with Crippen LogP contribution in [0.3, 0.4) is 0 Å². The van der Waals surface area contributed by atoms with Gasteiger partial charge in [-0.1, -0.05) is 178 Å². The summed E-state index contributed by atoms with van der Waals surface area (Å²) in [6.07, 6.45) is 1.93. The number of rotatable bonds is 6. The van der Waals surface area contributed by atoms with Crippen molar-refractivity contribution in [1.29, 1.82) is 0 Å². The van der Waals surface area contributed by atoms with Crippen molar-refractivity contribution in [1.82, 2.24) is 4.98 Å². The van der Waals surface area contributed by atoms with E-state index in [1.165, 1.54) is 71.3 Å². The maximum absolute atomic E-state index is 5.09. The van der Waals surface area contributed by atoms with Crippen molar-refractivity contribution in [3.8, 4) is 33.4 Å². The van der Waals surface area contributed by atoms with Crippen molar-refractivity contribution < 1.29 is 0 Å². The highest BCUT2D eigenvalue weighted by atomic mass is 15.2. The van der Waals surface area contributed by atoms with Crippen LogP contribution in [0, 0.1) is 0 Å². The largest absolute Gasteiger partial charge is 0.295 e. The van der Waals surface area contributed by atoms with Crippen molar-refractivity contribution in [3.63, 3.8) is 0 Å². The topological polar surface area (TPSA) is 16.1 Å². The molecule has 2 heteroatoms. The predicted octanol–water partition coefficient (Wildman–Crippen LogP) is 15.5. The highest BCUT2D eigenvalue weighted by Crippen LogP contribution is 2.50. The number of nitrogens with zero attached hydrogens (tertiary/aromatic N) is 2. The molecule has 0 N–H and O–H groups in total. The Labute approximate surface area is 334 Å². The summed E-state index contributed by atoms with van der Waals surface area (Å²) in [5.41, 5.74) is 10.7. The molecule has 0 saturated heterocycles. The second-order valence-corrected chi connectivity index (χ2v) is 16.0. The van der Waals surface area contributed by atoms with Crippen LogP contribution in [-0.2, 0) is 5.41 Å². The monoisotopic (exact) mass is 730 g/mol. The molecule has 272 valence electrons. The van der Waals surface area contributed by atoms with E-state index >= 15 is 0 Å². The Hall–Kier alpha value is -7.03. The molecule has 57 heavy (non-hydrogen) atoms. The number of benzene rings is 9. The summed E-state index contributed by atoms with van der Waals surface area (Å²) in [5, 5.41) is 9.66. The maximum atomic E-state index is 5.09. The highest BCUT2D eigenvalue weighted by molar-refractivity contribution is 6.33. The standard InChI is InChI=1S/C55H42N2/c1-55(2,3)41-27-29-42(30-28-41)57(54-44-24-14-13-21-39(44)33-34-56-54)43-31-32-47-50(35-43)45-25-15-16-26-46(45)52-49(38-19-9-5-10-20-38)36-48(37-17-7-4-8-18-37)51(53(47)52)40-22-11-6-12-23-40/h4-36H,1-3H3. The van der Waals surface area contributed by atoms with Gasteiger partial charge in [0.15, 0.2) is 0 Å². The van der Waals surface area contributed by atoms with E-state index in [0.717, 1.165) is 28.0 Å². The van der Waals surface area contributed by atoms with Gasteiger partial charge in [0, 0.05) is 23.0 Å². The fraction of sp³-hybridized carbons (Fsp3) is 0.0727. The van der Waals surface area contributed by atoms with Gasteiger partial charge < -0.3 is 0 Å². The molecule has 0 aliphatic heterocycles. The molecule has 10 aromatic rings. The third-order valence-corrected chi connectivity index (χ3v) is 11.4. The summed E-state index contributed by atoms with van der Waals surface area (Å²) in [4.78, 5) is 7.43. The van der Waals surface area contributed by atoms with E-state index in [2.05, 4.69) is 220 Å². The van der Waals surface area contributed by atoms with Gasteiger partial charge in [0.2, 0.25) is 0 Å². The Bertz CT molecular complexity index is 3070. The zero-order valence-corrected chi connectivity index (χ0v) is 32.4. The van der Waals surface area contributed by atoms with E-state index in [1.807, 2.05) is 6.20 Å². The van der Waals surface area contributed by atoms with E-state index in [4.69, 9.17) is 4.98 Å². The zero-order valence-electron chi connectivity index (χ0n) is 32.4. The Morgan fingerprint density at radius 2 is 0.947 bits per heavy atom. The van der Waals surface area contributed by atoms with Crippen molar-refractivity contribution in [2.24, 2.45) is 0 Å². The molecule has 2 nitrogen and oxygen atoms in total. The summed E-state index contributed by atoms with van der Waals surface area (Å²) in [7, 11) is 0. The molecule has 0 spiro atoms. The minimum absolute atomic E-state index is 0.0393. The average molecular weight is 731 g/mol. The average Bonchev–Trinajstić information content (AvgIpc) is 3.27. The Balaban J connectivity index is 1.35. The second-order valence-electron chi connectivity index (χ2n) is 16.0. The summed E-state index contributed by atoms with van der Waals surface area (Å²) in [6.45, 7) is 6.79. The lowest BCUT2D eigenvalue weighted by Crippen LogP contribution is -2.14. The number of hydrogen-bond donors (Lipinski definition) is 0. The van der Waals surface area contributed by atoms with Gasteiger partial charge in [0.1, 0.15) is 5.82 Å². The number of pyridine rings is 1. The first-order valence-electron chi connectivity index (χ1n) is 19.8. The van der Waals surface area contributed by atoms with E-state index in [0.29, 0.717) is 0 Å². The minimum atomic E-state index is 0.0393. The molecular formula is C55H42N2. The van der Waals surface area contributed by atoms with Crippen LogP contribution in [0.15, 0.2) is 200 Å². The quantitative estimate of drug-likeness (QED) is 0.158. The zero-order chi connectivity index (χ0) is 38.5. The van der Waals surface area contributed by atoms with Crippen LogP contribution in [0.2, 0.25) is 0 Å². The Morgan fingerprint density at radius 3 is 1.61 bits per heavy atom. The first kappa shape index (κ1) is 34.5. The molecule has 0 fully saturated rings. The number of hydrogen-bond acceptors (Lipinski definition) is 2. The lowest BCUT2D eigenvalue weighted by Gasteiger charge is -2.28. The summed E-state index contributed by atoms with van der Waals surface area (Å²) < 4.78 is 0. The van der Waals surface area contributed by atoms with Crippen LogP contribution in [0.1, 0.15) is 26.3 Å². The summed E-state index contributed by atoms with van der Waals surface area (Å²) >= 11 is 0. The van der Waals surface area contributed by atoms with E-state index < -0.39 is 0 Å². The lowest BCUT2D eigenvalue weighted by atomic mass is 9.81. The van der Waals surface area contributed by atoms with Gasteiger partial charge in [-0.3, -0.25) is 4.90 Å². The molecule has 0 aliphatic carbocycles. The number of fused-ring (bicyclic) bond motifs is 7. The number of aromatic nitrogens is 1. The molecule has 0 bridgehead atoms. The summed E-state index contributed by atoms with van der Waals surface area (Å²) in [6, 6.07) is 70.8. The first-order valence-corrected chi connectivity index (χ1v) is 19.8. The van der Waals surface area contributed by atoms with Crippen molar-refractivity contribution in [3.05, 3.63) is 206 Å².